The Morgan fingerprint density at radius 1 is 0.767 bits per heavy atom. The minimum atomic E-state index is -3.57. The number of hydrogen-bond acceptors (Lipinski definition) is 3. The highest BCUT2D eigenvalue weighted by atomic mass is 32.2. The molecule has 3 aromatic rings. The van der Waals surface area contributed by atoms with E-state index in [2.05, 4.69) is 0 Å². The van der Waals surface area contributed by atoms with Gasteiger partial charge in [0.25, 0.3) is 5.91 Å². The number of sulfonamides is 1. The molecule has 0 saturated carbocycles. The molecule has 5 nitrogen and oxygen atoms in total. The molecule has 30 heavy (non-hydrogen) atoms. The SMILES string of the molecule is Cc1ccc(S(=O)(=O)N(C)Cc2ccc(C(=O)N(C)Cc3ccccc3)cc2)cc1. The van der Waals surface area contributed by atoms with Gasteiger partial charge in [0.05, 0.1) is 4.90 Å². The Labute approximate surface area is 178 Å². The Balaban J connectivity index is 1.66. The highest BCUT2D eigenvalue weighted by molar-refractivity contribution is 7.89. The average Bonchev–Trinajstić information content (AvgIpc) is 2.74. The zero-order chi connectivity index (χ0) is 21.7. The van der Waals surface area contributed by atoms with Gasteiger partial charge in [-0.2, -0.15) is 4.31 Å². The summed E-state index contributed by atoms with van der Waals surface area (Å²) in [7, 11) is -0.244. The van der Waals surface area contributed by atoms with Crippen molar-refractivity contribution in [1.82, 2.24) is 9.21 Å². The van der Waals surface area contributed by atoms with Crippen molar-refractivity contribution < 1.29 is 13.2 Å². The Bertz CT molecular complexity index is 1090. The first kappa shape index (κ1) is 21.7. The maximum absolute atomic E-state index is 12.8. The molecule has 0 saturated heterocycles. The van der Waals surface area contributed by atoms with Crippen molar-refractivity contribution in [3.63, 3.8) is 0 Å². The van der Waals surface area contributed by atoms with Gasteiger partial charge in [0, 0.05) is 32.7 Å². The van der Waals surface area contributed by atoms with Crippen LogP contribution >= 0.6 is 0 Å². The van der Waals surface area contributed by atoms with Crippen LogP contribution in [0.2, 0.25) is 0 Å². The van der Waals surface area contributed by atoms with E-state index in [0.717, 1.165) is 16.7 Å². The number of amides is 1. The topological polar surface area (TPSA) is 57.7 Å². The highest BCUT2D eigenvalue weighted by Gasteiger charge is 2.21. The summed E-state index contributed by atoms with van der Waals surface area (Å²) < 4.78 is 26.8. The number of nitrogens with zero attached hydrogens (tertiary/aromatic N) is 2. The van der Waals surface area contributed by atoms with Crippen molar-refractivity contribution in [2.24, 2.45) is 0 Å². The van der Waals surface area contributed by atoms with Gasteiger partial charge in [-0.1, -0.05) is 60.2 Å². The van der Waals surface area contributed by atoms with Gasteiger partial charge in [-0.3, -0.25) is 4.79 Å². The summed E-state index contributed by atoms with van der Waals surface area (Å²) in [6, 6.07) is 23.7. The van der Waals surface area contributed by atoms with E-state index in [1.807, 2.05) is 37.3 Å². The van der Waals surface area contributed by atoms with Gasteiger partial charge in [0.1, 0.15) is 0 Å². The molecule has 0 aromatic heterocycles. The van der Waals surface area contributed by atoms with Gasteiger partial charge in [0.15, 0.2) is 0 Å². The zero-order valence-electron chi connectivity index (χ0n) is 17.4. The minimum Gasteiger partial charge on any atom is -0.337 e. The quantitative estimate of drug-likeness (QED) is 0.576. The molecule has 156 valence electrons. The molecule has 0 aliphatic heterocycles. The lowest BCUT2D eigenvalue weighted by Gasteiger charge is -2.19. The predicted molar refractivity (Wildman–Crippen MR) is 119 cm³/mol. The molecule has 1 amide bonds. The van der Waals surface area contributed by atoms with Gasteiger partial charge < -0.3 is 4.90 Å². The lowest BCUT2D eigenvalue weighted by atomic mass is 10.1. The minimum absolute atomic E-state index is 0.0777. The molecule has 0 aliphatic carbocycles. The summed E-state index contributed by atoms with van der Waals surface area (Å²) >= 11 is 0. The molecule has 0 radical (unpaired) electrons. The molecule has 0 N–H and O–H groups in total. The van der Waals surface area contributed by atoms with Crippen LogP contribution in [0.5, 0.6) is 0 Å². The van der Waals surface area contributed by atoms with Gasteiger partial charge in [-0.05, 0) is 42.3 Å². The van der Waals surface area contributed by atoms with Crippen LogP contribution in [0.25, 0.3) is 0 Å². The summed E-state index contributed by atoms with van der Waals surface area (Å²) in [5, 5.41) is 0. The lowest BCUT2D eigenvalue weighted by Crippen LogP contribution is -2.27. The van der Waals surface area contributed by atoms with E-state index in [-0.39, 0.29) is 17.3 Å². The summed E-state index contributed by atoms with van der Waals surface area (Å²) in [6.07, 6.45) is 0. The van der Waals surface area contributed by atoms with E-state index in [1.165, 1.54) is 4.31 Å². The fraction of sp³-hybridized carbons (Fsp3) is 0.208. The molecule has 3 rings (SSSR count). The Morgan fingerprint density at radius 2 is 1.33 bits per heavy atom. The van der Waals surface area contributed by atoms with Crippen LogP contribution in [0, 0.1) is 6.92 Å². The van der Waals surface area contributed by atoms with Crippen molar-refractivity contribution in [3.8, 4) is 0 Å². The van der Waals surface area contributed by atoms with Gasteiger partial charge >= 0.3 is 0 Å². The third-order valence-electron chi connectivity index (χ3n) is 4.94. The number of aryl methyl sites for hydroxylation is 1. The molecule has 3 aromatic carbocycles. The molecule has 0 bridgehead atoms. The monoisotopic (exact) mass is 422 g/mol. The third kappa shape index (κ3) is 5.14. The van der Waals surface area contributed by atoms with Crippen LogP contribution in [-0.2, 0) is 23.1 Å². The van der Waals surface area contributed by atoms with Crippen molar-refractivity contribution in [2.75, 3.05) is 14.1 Å². The van der Waals surface area contributed by atoms with Crippen LogP contribution in [0.1, 0.15) is 27.0 Å². The van der Waals surface area contributed by atoms with Crippen LogP contribution in [0.3, 0.4) is 0 Å². The molecule has 0 atom stereocenters. The predicted octanol–water partition coefficient (Wildman–Crippen LogP) is 4.09. The van der Waals surface area contributed by atoms with Crippen LogP contribution in [-0.4, -0.2) is 37.6 Å². The summed E-state index contributed by atoms with van der Waals surface area (Å²) in [5.74, 6) is -0.0777. The van der Waals surface area contributed by atoms with Gasteiger partial charge in [0.2, 0.25) is 10.0 Å². The smallest absolute Gasteiger partial charge is 0.253 e. The standard InChI is InChI=1S/C24H26N2O3S/c1-19-9-15-23(16-10-19)30(28,29)26(3)18-21-11-13-22(14-12-21)24(27)25(2)17-20-7-5-4-6-8-20/h4-16H,17-18H2,1-3H3. The Hall–Kier alpha value is -2.96. The third-order valence-corrected chi connectivity index (χ3v) is 6.76. The van der Waals surface area contributed by atoms with Gasteiger partial charge in [-0.25, -0.2) is 8.42 Å². The van der Waals surface area contributed by atoms with E-state index >= 15 is 0 Å². The molecule has 6 heteroatoms. The highest BCUT2D eigenvalue weighted by Crippen LogP contribution is 2.18. The van der Waals surface area contributed by atoms with E-state index in [1.54, 1.807) is 67.5 Å². The van der Waals surface area contributed by atoms with Crippen molar-refractivity contribution in [3.05, 3.63) is 101 Å². The average molecular weight is 423 g/mol. The van der Waals surface area contributed by atoms with Crippen molar-refractivity contribution >= 4 is 15.9 Å². The number of benzene rings is 3. The second-order valence-electron chi connectivity index (χ2n) is 7.42. The Kier molecular flexibility index (Phi) is 6.70. The van der Waals surface area contributed by atoms with Crippen LogP contribution in [0.15, 0.2) is 83.8 Å². The zero-order valence-corrected chi connectivity index (χ0v) is 18.3. The normalized spacial score (nSPS) is 11.5. The first-order valence-corrected chi connectivity index (χ1v) is 11.1. The van der Waals surface area contributed by atoms with Crippen LogP contribution in [0.4, 0.5) is 0 Å². The molecular formula is C24H26N2O3S. The molecular weight excluding hydrogens is 396 g/mol. The van der Waals surface area contributed by atoms with E-state index < -0.39 is 10.0 Å². The summed E-state index contributed by atoms with van der Waals surface area (Å²) in [5.41, 5.74) is 3.46. The van der Waals surface area contributed by atoms with E-state index in [9.17, 15) is 13.2 Å². The van der Waals surface area contributed by atoms with Crippen molar-refractivity contribution in [1.29, 1.82) is 0 Å². The number of rotatable bonds is 7. The first-order chi connectivity index (χ1) is 14.3. The number of hydrogen-bond donors (Lipinski definition) is 0. The fourth-order valence-electron chi connectivity index (χ4n) is 3.13. The van der Waals surface area contributed by atoms with Crippen molar-refractivity contribution in [2.45, 2.75) is 24.9 Å². The second kappa shape index (κ2) is 9.24. The van der Waals surface area contributed by atoms with Gasteiger partial charge in [-0.15, -0.1) is 0 Å². The molecule has 0 fully saturated rings. The van der Waals surface area contributed by atoms with Crippen LogP contribution < -0.4 is 0 Å². The largest absolute Gasteiger partial charge is 0.337 e. The second-order valence-corrected chi connectivity index (χ2v) is 9.46. The number of carbonyl (C=O) groups excluding carboxylic acids is 1. The van der Waals surface area contributed by atoms with E-state index in [4.69, 9.17) is 0 Å². The maximum atomic E-state index is 12.8. The molecule has 0 spiro atoms. The molecule has 0 unspecified atom stereocenters. The molecule has 0 heterocycles. The maximum Gasteiger partial charge on any atom is 0.253 e. The summed E-state index contributed by atoms with van der Waals surface area (Å²) in [6.45, 7) is 2.67. The fourth-order valence-corrected chi connectivity index (χ4v) is 4.29. The first-order valence-electron chi connectivity index (χ1n) is 9.69. The lowest BCUT2D eigenvalue weighted by molar-refractivity contribution is 0.0785. The molecule has 0 aliphatic rings. The number of carbonyl (C=O) groups is 1. The van der Waals surface area contributed by atoms with E-state index in [0.29, 0.717) is 12.1 Å². The Morgan fingerprint density at radius 3 is 1.93 bits per heavy atom. The summed E-state index contributed by atoms with van der Waals surface area (Å²) in [4.78, 5) is 14.6.